The third kappa shape index (κ3) is 3.87. The molecule has 3 heterocycles. The van der Waals surface area contributed by atoms with E-state index in [0.717, 1.165) is 55.6 Å². The van der Waals surface area contributed by atoms with Gasteiger partial charge < -0.3 is 14.4 Å². The van der Waals surface area contributed by atoms with E-state index in [2.05, 4.69) is 9.88 Å². The van der Waals surface area contributed by atoms with Crippen molar-refractivity contribution in [2.24, 2.45) is 0 Å². The van der Waals surface area contributed by atoms with E-state index >= 15 is 0 Å². The Balaban J connectivity index is 1.42. The van der Waals surface area contributed by atoms with Crippen LogP contribution in [0.15, 0.2) is 36.5 Å². The van der Waals surface area contributed by atoms with Gasteiger partial charge in [-0.05, 0) is 25.1 Å². The predicted molar refractivity (Wildman–Crippen MR) is 99.3 cm³/mol. The Bertz CT molecular complexity index is 756. The maximum Gasteiger partial charge on any atom is 0.254 e. The molecule has 2 aliphatic rings. The fourth-order valence-corrected chi connectivity index (χ4v) is 3.74. The van der Waals surface area contributed by atoms with E-state index in [1.165, 1.54) is 0 Å². The summed E-state index contributed by atoms with van der Waals surface area (Å²) in [6.45, 7) is 6.30. The highest BCUT2D eigenvalue weighted by atomic mass is 16.6. The molecule has 1 amide bonds. The number of amides is 1. The summed E-state index contributed by atoms with van der Waals surface area (Å²) in [6, 6.07) is 9.66. The number of hydrogen-bond acceptors (Lipinski definition) is 5. The molecular weight excluding hydrogens is 330 g/mol. The zero-order valence-corrected chi connectivity index (χ0v) is 15.0. The molecular formula is C20H25N3O3. The lowest BCUT2D eigenvalue weighted by Crippen LogP contribution is -2.42. The van der Waals surface area contributed by atoms with Crippen molar-refractivity contribution in [3.63, 3.8) is 0 Å². The first-order valence-electron chi connectivity index (χ1n) is 9.36. The van der Waals surface area contributed by atoms with Crippen LogP contribution in [0.3, 0.4) is 0 Å². The maximum absolute atomic E-state index is 13.1. The Kier molecular flexibility index (Phi) is 5.43. The molecule has 6 heteroatoms. The number of benzene rings is 1. The highest BCUT2D eigenvalue weighted by Crippen LogP contribution is 2.19. The standard InChI is InChI=1S/C20H25N3O3/c24-20(18-6-7-21-19-5-2-1-4-17(18)19)23-9-3-8-22(10-11-23)14-16-15-25-12-13-26-16/h1-2,4-7,16H,3,8-15H2. The number of hydrogen-bond donors (Lipinski definition) is 0. The van der Waals surface area contributed by atoms with E-state index in [1.54, 1.807) is 6.20 Å². The second-order valence-corrected chi connectivity index (χ2v) is 6.89. The summed E-state index contributed by atoms with van der Waals surface area (Å²) >= 11 is 0. The molecule has 4 rings (SSSR count). The van der Waals surface area contributed by atoms with Crippen molar-refractivity contribution < 1.29 is 14.3 Å². The van der Waals surface area contributed by atoms with Gasteiger partial charge in [0.05, 0.1) is 37.0 Å². The summed E-state index contributed by atoms with van der Waals surface area (Å²) in [6.07, 6.45) is 2.85. The molecule has 0 spiro atoms. The Hall–Kier alpha value is -2.02. The number of ether oxygens (including phenoxy) is 2. The lowest BCUT2D eigenvalue weighted by Gasteiger charge is -2.29. The summed E-state index contributed by atoms with van der Waals surface area (Å²) < 4.78 is 11.2. The molecule has 138 valence electrons. The number of aromatic nitrogens is 1. The predicted octanol–water partition coefficient (Wildman–Crippen LogP) is 1.80. The largest absolute Gasteiger partial charge is 0.376 e. The number of fused-ring (bicyclic) bond motifs is 1. The van der Waals surface area contributed by atoms with Crippen molar-refractivity contribution in [2.45, 2.75) is 12.5 Å². The molecule has 0 N–H and O–H groups in total. The van der Waals surface area contributed by atoms with Gasteiger partial charge in [-0.25, -0.2) is 0 Å². The Morgan fingerprint density at radius 3 is 2.92 bits per heavy atom. The molecule has 1 aromatic carbocycles. The van der Waals surface area contributed by atoms with Gasteiger partial charge in [0.2, 0.25) is 0 Å². The average molecular weight is 355 g/mol. The number of pyridine rings is 1. The quantitative estimate of drug-likeness (QED) is 0.840. The van der Waals surface area contributed by atoms with Crippen molar-refractivity contribution >= 4 is 16.8 Å². The normalized spacial score (nSPS) is 22.3. The van der Waals surface area contributed by atoms with Crippen LogP contribution in [-0.4, -0.2) is 79.3 Å². The molecule has 26 heavy (non-hydrogen) atoms. The van der Waals surface area contributed by atoms with Crippen LogP contribution in [0, 0.1) is 0 Å². The average Bonchev–Trinajstić information content (AvgIpc) is 2.93. The van der Waals surface area contributed by atoms with Gasteiger partial charge in [0.1, 0.15) is 0 Å². The number of carbonyl (C=O) groups excluding carboxylic acids is 1. The van der Waals surface area contributed by atoms with Crippen molar-refractivity contribution in [1.82, 2.24) is 14.8 Å². The first-order chi connectivity index (χ1) is 12.8. The lowest BCUT2D eigenvalue weighted by atomic mass is 10.1. The van der Waals surface area contributed by atoms with Gasteiger partial charge in [0.15, 0.2) is 0 Å². The van der Waals surface area contributed by atoms with Crippen LogP contribution in [0.1, 0.15) is 16.8 Å². The van der Waals surface area contributed by atoms with E-state index < -0.39 is 0 Å². The van der Waals surface area contributed by atoms with Crippen LogP contribution >= 0.6 is 0 Å². The first-order valence-corrected chi connectivity index (χ1v) is 9.36. The third-order valence-electron chi connectivity index (χ3n) is 5.10. The number of rotatable bonds is 3. The van der Waals surface area contributed by atoms with E-state index in [4.69, 9.17) is 9.47 Å². The molecule has 0 radical (unpaired) electrons. The molecule has 0 saturated carbocycles. The number of para-hydroxylation sites is 1. The molecule has 0 aliphatic carbocycles. The molecule has 1 aromatic heterocycles. The first kappa shape index (κ1) is 17.4. The van der Waals surface area contributed by atoms with E-state index in [-0.39, 0.29) is 12.0 Å². The highest BCUT2D eigenvalue weighted by molar-refractivity contribution is 6.05. The topological polar surface area (TPSA) is 54.9 Å². The van der Waals surface area contributed by atoms with Gasteiger partial charge in [0.25, 0.3) is 5.91 Å². The molecule has 2 aliphatic heterocycles. The van der Waals surface area contributed by atoms with Crippen LogP contribution in [0.4, 0.5) is 0 Å². The molecule has 2 aromatic rings. The van der Waals surface area contributed by atoms with Crippen molar-refractivity contribution in [3.8, 4) is 0 Å². The molecule has 2 fully saturated rings. The van der Waals surface area contributed by atoms with Crippen molar-refractivity contribution in [3.05, 3.63) is 42.1 Å². The zero-order valence-electron chi connectivity index (χ0n) is 15.0. The summed E-state index contributed by atoms with van der Waals surface area (Å²) in [5, 5.41) is 0.925. The van der Waals surface area contributed by atoms with Gasteiger partial charge in [-0.2, -0.15) is 0 Å². The number of nitrogens with zero attached hydrogens (tertiary/aromatic N) is 3. The molecule has 0 bridgehead atoms. The zero-order chi connectivity index (χ0) is 17.8. The fraction of sp³-hybridized carbons (Fsp3) is 0.500. The van der Waals surface area contributed by atoms with E-state index in [9.17, 15) is 4.79 Å². The molecule has 6 nitrogen and oxygen atoms in total. The van der Waals surface area contributed by atoms with Gasteiger partial charge in [-0.15, -0.1) is 0 Å². The molecule has 1 atom stereocenters. The summed E-state index contributed by atoms with van der Waals surface area (Å²) in [5.41, 5.74) is 1.61. The summed E-state index contributed by atoms with van der Waals surface area (Å²) in [7, 11) is 0. The Morgan fingerprint density at radius 2 is 2.04 bits per heavy atom. The second kappa shape index (κ2) is 8.12. The Labute approximate surface area is 153 Å². The van der Waals surface area contributed by atoms with Crippen molar-refractivity contribution in [1.29, 1.82) is 0 Å². The van der Waals surface area contributed by atoms with Crippen LogP contribution in [0.25, 0.3) is 10.9 Å². The van der Waals surface area contributed by atoms with E-state index in [1.807, 2.05) is 35.2 Å². The third-order valence-corrected chi connectivity index (χ3v) is 5.10. The molecule has 2 saturated heterocycles. The van der Waals surface area contributed by atoms with Crippen LogP contribution in [0.2, 0.25) is 0 Å². The monoisotopic (exact) mass is 355 g/mol. The maximum atomic E-state index is 13.1. The Morgan fingerprint density at radius 1 is 1.12 bits per heavy atom. The highest BCUT2D eigenvalue weighted by Gasteiger charge is 2.24. The van der Waals surface area contributed by atoms with Gasteiger partial charge >= 0.3 is 0 Å². The lowest BCUT2D eigenvalue weighted by molar-refractivity contribution is -0.0971. The SMILES string of the molecule is O=C(c1ccnc2ccccc12)N1CCCN(CC2COCCO2)CC1. The summed E-state index contributed by atoms with van der Waals surface area (Å²) in [5.74, 6) is 0.0997. The minimum Gasteiger partial charge on any atom is -0.376 e. The van der Waals surface area contributed by atoms with Crippen LogP contribution in [-0.2, 0) is 9.47 Å². The van der Waals surface area contributed by atoms with Crippen LogP contribution < -0.4 is 0 Å². The smallest absolute Gasteiger partial charge is 0.254 e. The van der Waals surface area contributed by atoms with Crippen molar-refractivity contribution in [2.75, 3.05) is 52.5 Å². The minimum atomic E-state index is 0.0997. The van der Waals surface area contributed by atoms with Gasteiger partial charge in [-0.3, -0.25) is 14.7 Å². The van der Waals surface area contributed by atoms with Gasteiger partial charge in [-0.1, -0.05) is 18.2 Å². The van der Waals surface area contributed by atoms with Gasteiger partial charge in [0, 0.05) is 37.8 Å². The minimum absolute atomic E-state index is 0.0997. The van der Waals surface area contributed by atoms with Crippen LogP contribution in [0.5, 0.6) is 0 Å². The van der Waals surface area contributed by atoms with E-state index in [0.29, 0.717) is 19.8 Å². The number of carbonyl (C=O) groups is 1. The fourth-order valence-electron chi connectivity index (χ4n) is 3.74. The summed E-state index contributed by atoms with van der Waals surface area (Å²) in [4.78, 5) is 21.8. The second-order valence-electron chi connectivity index (χ2n) is 6.89. The molecule has 1 unspecified atom stereocenters.